The lowest BCUT2D eigenvalue weighted by Crippen LogP contribution is -2.40. The molecule has 0 aliphatic carbocycles. The molecule has 5 heteroatoms. The standard InChI is InChI=1S/C10H18N4O/c1-7(2)13-10(11-4)12-6-9-5-8(3)14-15-9/h5,7H,6H2,1-4H3,(H2,11,12,13). The maximum absolute atomic E-state index is 5.07. The number of nitrogens with one attached hydrogen (secondary N) is 2. The fourth-order valence-corrected chi connectivity index (χ4v) is 1.14. The minimum Gasteiger partial charge on any atom is -0.359 e. The summed E-state index contributed by atoms with van der Waals surface area (Å²) in [6.45, 7) is 6.61. The summed E-state index contributed by atoms with van der Waals surface area (Å²) in [5, 5.41) is 10.1. The van der Waals surface area contributed by atoms with E-state index in [9.17, 15) is 0 Å². The number of nitrogens with zero attached hydrogens (tertiary/aromatic N) is 2. The van der Waals surface area contributed by atoms with Crippen LogP contribution in [-0.4, -0.2) is 24.2 Å². The Morgan fingerprint density at radius 1 is 1.60 bits per heavy atom. The number of hydrogen-bond donors (Lipinski definition) is 2. The van der Waals surface area contributed by atoms with Gasteiger partial charge in [-0.15, -0.1) is 0 Å². The first-order chi connectivity index (χ1) is 7.11. The van der Waals surface area contributed by atoms with E-state index in [1.807, 2.05) is 13.0 Å². The Kier molecular flexibility index (Phi) is 4.15. The van der Waals surface area contributed by atoms with Crippen LogP contribution in [-0.2, 0) is 6.54 Å². The fourth-order valence-electron chi connectivity index (χ4n) is 1.14. The van der Waals surface area contributed by atoms with E-state index >= 15 is 0 Å². The van der Waals surface area contributed by atoms with Gasteiger partial charge in [0, 0.05) is 19.2 Å². The molecule has 1 aromatic rings. The van der Waals surface area contributed by atoms with Gasteiger partial charge in [0.15, 0.2) is 11.7 Å². The summed E-state index contributed by atoms with van der Waals surface area (Å²) in [6.07, 6.45) is 0. The average Bonchev–Trinajstić information content (AvgIpc) is 2.58. The number of aliphatic imine (C=N–C) groups is 1. The first-order valence-corrected chi connectivity index (χ1v) is 5.01. The van der Waals surface area contributed by atoms with E-state index < -0.39 is 0 Å². The lowest BCUT2D eigenvalue weighted by Gasteiger charge is -2.13. The molecule has 5 nitrogen and oxygen atoms in total. The molecule has 0 saturated heterocycles. The highest BCUT2D eigenvalue weighted by Gasteiger charge is 2.03. The summed E-state index contributed by atoms with van der Waals surface area (Å²) in [5.41, 5.74) is 0.888. The summed E-state index contributed by atoms with van der Waals surface area (Å²) < 4.78 is 5.07. The highest BCUT2D eigenvalue weighted by Crippen LogP contribution is 2.00. The van der Waals surface area contributed by atoms with E-state index in [1.165, 1.54) is 0 Å². The summed E-state index contributed by atoms with van der Waals surface area (Å²) in [5.74, 6) is 1.57. The number of aryl methyl sites for hydroxylation is 1. The molecule has 0 radical (unpaired) electrons. The number of guanidine groups is 1. The quantitative estimate of drug-likeness (QED) is 0.578. The van der Waals surface area contributed by atoms with Crippen molar-refractivity contribution in [1.29, 1.82) is 0 Å². The van der Waals surface area contributed by atoms with Gasteiger partial charge >= 0.3 is 0 Å². The molecule has 84 valence electrons. The van der Waals surface area contributed by atoms with Crippen molar-refractivity contribution in [3.63, 3.8) is 0 Å². The molecular weight excluding hydrogens is 192 g/mol. The van der Waals surface area contributed by atoms with Crippen LogP contribution in [0.3, 0.4) is 0 Å². The van der Waals surface area contributed by atoms with Gasteiger partial charge in [-0.05, 0) is 20.8 Å². The second-order valence-electron chi connectivity index (χ2n) is 3.66. The lowest BCUT2D eigenvalue weighted by atomic mass is 10.4. The van der Waals surface area contributed by atoms with E-state index in [0.29, 0.717) is 12.6 Å². The van der Waals surface area contributed by atoms with Gasteiger partial charge in [0.2, 0.25) is 0 Å². The van der Waals surface area contributed by atoms with Crippen LogP contribution in [0.5, 0.6) is 0 Å². The largest absolute Gasteiger partial charge is 0.359 e. The highest BCUT2D eigenvalue weighted by molar-refractivity contribution is 5.79. The second-order valence-corrected chi connectivity index (χ2v) is 3.66. The molecule has 0 aromatic carbocycles. The van der Waals surface area contributed by atoms with Crippen molar-refractivity contribution in [2.75, 3.05) is 7.05 Å². The van der Waals surface area contributed by atoms with Gasteiger partial charge in [-0.2, -0.15) is 0 Å². The Morgan fingerprint density at radius 3 is 2.80 bits per heavy atom. The summed E-state index contributed by atoms with van der Waals surface area (Å²) in [7, 11) is 1.74. The molecule has 0 amide bonds. The molecule has 1 rings (SSSR count). The van der Waals surface area contributed by atoms with Gasteiger partial charge in [-0.25, -0.2) is 0 Å². The topological polar surface area (TPSA) is 62.5 Å². The molecule has 0 aliphatic heterocycles. The molecule has 0 aliphatic rings. The molecule has 1 heterocycles. The highest BCUT2D eigenvalue weighted by atomic mass is 16.5. The van der Waals surface area contributed by atoms with E-state index in [-0.39, 0.29) is 0 Å². The predicted molar refractivity (Wildman–Crippen MR) is 59.7 cm³/mol. The normalized spacial score (nSPS) is 11.9. The number of rotatable bonds is 3. The van der Waals surface area contributed by atoms with Crippen molar-refractivity contribution < 1.29 is 4.52 Å². The Bertz CT molecular complexity index is 330. The Morgan fingerprint density at radius 2 is 2.33 bits per heavy atom. The third-order valence-electron chi connectivity index (χ3n) is 1.76. The molecule has 15 heavy (non-hydrogen) atoms. The Balaban J connectivity index is 2.41. The van der Waals surface area contributed by atoms with Crippen LogP contribution >= 0.6 is 0 Å². The van der Waals surface area contributed by atoms with Crippen LogP contribution in [0.2, 0.25) is 0 Å². The minimum absolute atomic E-state index is 0.354. The lowest BCUT2D eigenvalue weighted by molar-refractivity contribution is 0.376. The van der Waals surface area contributed by atoms with Crippen LogP contribution in [0.1, 0.15) is 25.3 Å². The van der Waals surface area contributed by atoms with Crippen molar-refractivity contribution in [3.8, 4) is 0 Å². The Labute approximate surface area is 89.9 Å². The predicted octanol–water partition coefficient (Wildman–Crippen LogP) is 1.06. The first-order valence-electron chi connectivity index (χ1n) is 5.01. The van der Waals surface area contributed by atoms with Gasteiger partial charge < -0.3 is 15.2 Å². The zero-order chi connectivity index (χ0) is 11.3. The molecule has 0 bridgehead atoms. The van der Waals surface area contributed by atoms with Crippen LogP contribution in [0.4, 0.5) is 0 Å². The van der Waals surface area contributed by atoms with E-state index in [0.717, 1.165) is 17.4 Å². The molecule has 0 spiro atoms. The second kappa shape index (κ2) is 5.38. The van der Waals surface area contributed by atoms with Crippen molar-refractivity contribution >= 4 is 5.96 Å². The first kappa shape index (κ1) is 11.6. The van der Waals surface area contributed by atoms with Gasteiger partial charge in [-0.3, -0.25) is 4.99 Å². The molecule has 1 aromatic heterocycles. The van der Waals surface area contributed by atoms with Gasteiger partial charge in [0.1, 0.15) is 0 Å². The van der Waals surface area contributed by atoms with Crippen molar-refractivity contribution in [2.24, 2.45) is 4.99 Å². The average molecular weight is 210 g/mol. The third kappa shape index (κ3) is 4.01. The minimum atomic E-state index is 0.354. The van der Waals surface area contributed by atoms with Gasteiger partial charge in [-0.1, -0.05) is 5.16 Å². The molecule has 0 unspecified atom stereocenters. The van der Waals surface area contributed by atoms with E-state index in [2.05, 4.69) is 34.6 Å². The van der Waals surface area contributed by atoms with Crippen LogP contribution in [0.15, 0.2) is 15.6 Å². The van der Waals surface area contributed by atoms with Gasteiger partial charge in [0.05, 0.1) is 12.2 Å². The molecule has 2 N–H and O–H groups in total. The van der Waals surface area contributed by atoms with Crippen molar-refractivity contribution in [1.82, 2.24) is 15.8 Å². The zero-order valence-corrected chi connectivity index (χ0v) is 9.66. The third-order valence-corrected chi connectivity index (χ3v) is 1.76. The molecule has 0 fully saturated rings. The maximum Gasteiger partial charge on any atom is 0.191 e. The van der Waals surface area contributed by atoms with Crippen LogP contribution in [0.25, 0.3) is 0 Å². The molecular formula is C10H18N4O. The Hall–Kier alpha value is -1.52. The van der Waals surface area contributed by atoms with Crippen molar-refractivity contribution in [2.45, 2.75) is 33.4 Å². The van der Waals surface area contributed by atoms with Crippen molar-refractivity contribution in [3.05, 3.63) is 17.5 Å². The fraction of sp³-hybridized carbons (Fsp3) is 0.600. The van der Waals surface area contributed by atoms with E-state index in [4.69, 9.17) is 4.52 Å². The van der Waals surface area contributed by atoms with Crippen LogP contribution in [0, 0.1) is 6.92 Å². The number of hydrogen-bond acceptors (Lipinski definition) is 3. The smallest absolute Gasteiger partial charge is 0.191 e. The summed E-state index contributed by atoms with van der Waals surface area (Å²) >= 11 is 0. The molecule has 0 atom stereocenters. The van der Waals surface area contributed by atoms with Crippen LogP contribution < -0.4 is 10.6 Å². The SMILES string of the molecule is CN=C(NCc1cc(C)no1)NC(C)C. The summed E-state index contributed by atoms with van der Waals surface area (Å²) in [6, 6.07) is 2.25. The molecule has 0 saturated carbocycles. The van der Waals surface area contributed by atoms with Gasteiger partial charge in [0.25, 0.3) is 0 Å². The number of aromatic nitrogens is 1. The van der Waals surface area contributed by atoms with E-state index in [1.54, 1.807) is 7.05 Å². The zero-order valence-electron chi connectivity index (χ0n) is 9.66. The summed E-state index contributed by atoms with van der Waals surface area (Å²) in [4.78, 5) is 4.08. The monoisotopic (exact) mass is 210 g/mol. The maximum atomic E-state index is 5.07.